The molecule has 0 saturated heterocycles. The van der Waals surface area contributed by atoms with Crippen LogP contribution < -0.4 is 5.32 Å². The zero-order valence-electron chi connectivity index (χ0n) is 11.5. The van der Waals surface area contributed by atoms with Crippen LogP contribution in [0.3, 0.4) is 0 Å². The Balaban J connectivity index is 2.35. The summed E-state index contributed by atoms with van der Waals surface area (Å²) in [6.45, 7) is 0.631. The molecule has 0 spiro atoms. The Labute approximate surface area is 143 Å². The molecule has 0 heterocycles. The second-order valence-corrected chi connectivity index (χ2v) is 6.57. The van der Waals surface area contributed by atoms with E-state index in [0.29, 0.717) is 16.6 Å². The summed E-state index contributed by atoms with van der Waals surface area (Å²) in [5.41, 5.74) is 1.81. The molecule has 0 saturated carbocycles. The van der Waals surface area contributed by atoms with Crippen molar-refractivity contribution in [3.05, 3.63) is 68.1 Å². The lowest BCUT2D eigenvalue weighted by Gasteiger charge is -2.24. The maximum Gasteiger partial charge on any atom is 0.0871 e. The maximum absolute atomic E-state index is 10.7. The lowest BCUT2D eigenvalue weighted by atomic mass is 9.89. The fourth-order valence-corrected chi connectivity index (χ4v) is 3.02. The summed E-state index contributed by atoms with van der Waals surface area (Å²) in [5, 5.41) is 14.8. The highest BCUT2D eigenvalue weighted by atomic mass is 79.9. The molecule has 0 aromatic heterocycles. The van der Waals surface area contributed by atoms with Crippen molar-refractivity contribution < 1.29 is 5.11 Å². The number of halogens is 3. The molecule has 0 radical (unpaired) electrons. The molecule has 0 aliphatic rings. The summed E-state index contributed by atoms with van der Waals surface area (Å²) in [6.07, 6.45) is -0.632. The third-order valence-electron chi connectivity index (χ3n) is 3.37. The number of hydrogen-bond acceptors (Lipinski definition) is 2. The van der Waals surface area contributed by atoms with E-state index < -0.39 is 6.10 Å². The summed E-state index contributed by atoms with van der Waals surface area (Å²) in [7, 11) is 1.86. The molecular formula is C16H16BrCl2NO. The van der Waals surface area contributed by atoms with Crippen LogP contribution in [0.25, 0.3) is 0 Å². The van der Waals surface area contributed by atoms with Crippen molar-refractivity contribution in [1.29, 1.82) is 0 Å². The van der Waals surface area contributed by atoms with E-state index in [1.807, 2.05) is 43.4 Å². The van der Waals surface area contributed by atoms with Crippen LogP contribution in [0.2, 0.25) is 10.0 Å². The number of nitrogens with one attached hydrogen (secondary N) is 1. The molecule has 2 aromatic rings. The number of likely N-dealkylation sites (N-methyl/N-ethyl adjacent to an activating group) is 1. The first kappa shape index (κ1) is 16.8. The summed E-state index contributed by atoms with van der Waals surface area (Å²) in [5.74, 6) is -0.112. The second-order valence-electron chi connectivity index (χ2n) is 4.84. The molecule has 0 bridgehead atoms. The summed E-state index contributed by atoms with van der Waals surface area (Å²) >= 11 is 15.5. The minimum Gasteiger partial charge on any atom is -0.388 e. The van der Waals surface area contributed by atoms with Crippen molar-refractivity contribution in [2.75, 3.05) is 13.6 Å². The first-order valence-electron chi connectivity index (χ1n) is 6.56. The van der Waals surface area contributed by atoms with Gasteiger partial charge in [0.15, 0.2) is 0 Å². The number of aliphatic hydroxyl groups excluding tert-OH is 1. The van der Waals surface area contributed by atoms with E-state index in [1.165, 1.54) is 0 Å². The second kappa shape index (κ2) is 7.61. The first-order valence-corrected chi connectivity index (χ1v) is 8.11. The van der Waals surface area contributed by atoms with E-state index in [1.54, 1.807) is 6.07 Å². The Morgan fingerprint density at radius 2 is 1.86 bits per heavy atom. The molecular weight excluding hydrogens is 373 g/mol. The van der Waals surface area contributed by atoms with E-state index >= 15 is 0 Å². The van der Waals surface area contributed by atoms with Gasteiger partial charge in [-0.2, -0.15) is 0 Å². The first-order chi connectivity index (χ1) is 10.0. The van der Waals surface area contributed by atoms with Crippen molar-refractivity contribution in [1.82, 2.24) is 5.32 Å². The van der Waals surface area contributed by atoms with Crippen LogP contribution in [0.15, 0.2) is 46.9 Å². The Hall–Kier alpha value is -0.580. The monoisotopic (exact) mass is 387 g/mol. The van der Waals surface area contributed by atoms with Gasteiger partial charge in [0.05, 0.1) is 16.1 Å². The average molecular weight is 389 g/mol. The summed E-state index contributed by atoms with van der Waals surface area (Å²) in [4.78, 5) is 0. The van der Waals surface area contributed by atoms with Gasteiger partial charge in [0.1, 0.15) is 0 Å². The minimum absolute atomic E-state index is 0.112. The van der Waals surface area contributed by atoms with Crippen LogP contribution in [-0.4, -0.2) is 18.7 Å². The molecule has 2 nitrogen and oxygen atoms in total. The molecule has 2 N–H and O–H groups in total. The van der Waals surface area contributed by atoms with E-state index in [9.17, 15) is 5.11 Å². The zero-order chi connectivity index (χ0) is 15.4. The molecule has 2 rings (SSSR count). The minimum atomic E-state index is -0.632. The standard InChI is InChI=1S/C16H16BrCl2NO/c1-20-9-13(10-5-6-14(18)15(19)8-10)16(21)11-3-2-4-12(17)7-11/h2-8,13,16,20-21H,9H2,1H3/t13?,16-/m1/s1. The van der Waals surface area contributed by atoms with Crippen LogP contribution in [-0.2, 0) is 0 Å². The molecule has 5 heteroatoms. The van der Waals surface area contributed by atoms with Crippen molar-refractivity contribution in [3.8, 4) is 0 Å². The van der Waals surface area contributed by atoms with Gasteiger partial charge in [-0.25, -0.2) is 0 Å². The van der Waals surface area contributed by atoms with Crippen molar-refractivity contribution in [2.24, 2.45) is 0 Å². The van der Waals surface area contributed by atoms with Crippen LogP contribution in [0.4, 0.5) is 0 Å². The van der Waals surface area contributed by atoms with Crippen LogP contribution in [0.5, 0.6) is 0 Å². The third kappa shape index (κ3) is 4.21. The van der Waals surface area contributed by atoms with Crippen molar-refractivity contribution in [2.45, 2.75) is 12.0 Å². The molecule has 0 aliphatic carbocycles. The van der Waals surface area contributed by atoms with Crippen LogP contribution in [0, 0.1) is 0 Å². The lowest BCUT2D eigenvalue weighted by Crippen LogP contribution is -2.23. The van der Waals surface area contributed by atoms with Gasteiger partial charge < -0.3 is 10.4 Å². The Morgan fingerprint density at radius 1 is 1.10 bits per heavy atom. The Morgan fingerprint density at radius 3 is 2.48 bits per heavy atom. The van der Waals surface area contributed by atoms with Gasteiger partial charge in [-0.15, -0.1) is 0 Å². The fraction of sp³-hybridized carbons (Fsp3) is 0.250. The average Bonchev–Trinajstić information content (AvgIpc) is 2.47. The van der Waals surface area contributed by atoms with E-state index in [-0.39, 0.29) is 5.92 Å². The van der Waals surface area contributed by atoms with Crippen LogP contribution in [0.1, 0.15) is 23.1 Å². The van der Waals surface area contributed by atoms with Gasteiger partial charge in [-0.05, 0) is 42.4 Å². The molecule has 1 unspecified atom stereocenters. The van der Waals surface area contributed by atoms with Crippen molar-refractivity contribution in [3.63, 3.8) is 0 Å². The molecule has 0 amide bonds. The number of benzene rings is 2. The highest BCUT2D eigenvalue weighted by Gasteiger charge is 2.23. The topological polar surface area (TPSA) is 32.3 Å². The fourth-order valence-electron chi connectivity index (χ4n) is 2.30. The highest BCUT2D eigenvalue weighted by Crippen LogP contribution is 2.34. The van der Waals surface area contributed by atoms with Gasteiger partial charge in [0, 0.05) is 16.9 Å². The molecule has 2 aromatic carbocycles. The lowest BCUT2D eigenvalue weighted by molar-refractivity contribution is 0.144. The van der Waals surface area contributed by atoms with Crippen LogP contribution >= 0.6 is 39.1 Å². The normalized spacial score (nSPS) is 14.0. The van der Waals surface area contributed by atoms with Gasteiger partial charge >= 0.3 is 0 Å². The molecule has 112 valence electrons. The van der Waals surface area contributed by atoms with E-state index in [0.717, 1.165) is 15.6 Å². The molecule has 2 atom stereocenters. The SMILES string of the molecule is CNCC(c1ccc(Cl)c(Cl)c1)[C@H](O)c1cccc(Br)c1. The van der Waals surface area contributed by atoms with Gasteiger partial charge in [0.25, 0.3) is 0 Å². The largest absolute Gasteiger partial charge is 0.388 e. The van der Waals surface area contributed by atoms with Crippen molar-refractivity contribution >= 4 is 39.1 Å². The molecule has 21 heavy (non-hydrogen) atoms. The van der Waals surface area contributed by atoms with E-state index in [2.05, 4.69) is 21.2 Å². The number of hydrogen-bond donors (Lipinski definition) is 2. The summed E-state index contributed by atoms with van der Waals surface area (Å²) < 4.78 is 0.941. The maximum atomic E-state index is 10.7. The molecule has 0 aliphatic heterocycles. The number of aliphatic hydroxyl groups is 1. The molecule has 0 fully saturated rings. The van der Waals surface area contributed by atoms with E-state index in [4.69, 9.17) is 23.2 Å². The zero-order valence-corrected chi connectivity index (χ0v) is 14.6. The number of rotatable bonds is 5. The summed E-state index contributed by atoms with van der Waals surface area (Å²) in [6, 6.07) is 13.1. The smallest absolute Gasteiger partial charge is 0.0871 e. The Bertz CT molecular complexity index is 621. The predicted molar refractivity (Wildman–Crippen MR) is 92.2 cm³/mol. The quantitative estimate of drug-likeness (QED) is 0.771. The van der Waals surface area contributed by atoms with Gasteiger partial charge in [0.2, 0.25) is 0 Å². The Kier molecular flexibility index (Phi) is 6.08. The third-order valence-corrected chi connectivity index (χ3v) is 4.60. The van der Waals surface area contributed by atoms with Gasteiger partial charge in [-0.1, -0.05) is 57.3 Å². The predicted octanol–water partition coefficient (Wildman–Crippen LogP) is 4.79. The van der Waals surface area contributed by atoms with Gasteiger partial charge in [-0.3, -0.25) is 0 Å². The highest BCUT2D eigenvalue weighted by molar-refractivity contribution is 9.10.